The molecule has 1 aromatic carbocycles. The molecular weight excluding hydrogens is 516 g/mol. The third-order valence-electron chi connectivity index (χ3n) is 8.70. The first kappa shape index (κ1) is 33.5. The quantitative estimate of drug-likeness (QED) is 0.154. The van der Waals surface area contributed by atoms with Crippen molar-refractivity contribution in [2.75, 3.05) is 13.7 Å². The predicted molar refractivity (Wildman–Crippen MR) is 164 cm³/mol. The molecule has 1 N–H and O–H groups in total. The van der Waals surface area contributed by atoms with Gasteiger partial charge in [-0.2, -0.15) is 0 Å². The summed E-state index contributed by atoms with van der Waals surface area (Å²) in [7, 11) is 1.66. The van der Waals surface area contributed by atoms with E-state index in [9.17, 15) is 9.90 Å². The Hall–Kier alpha value is -1.99. The van der Waals surface area contributed by atoms with Gasteiger partial charge in [-0.15, -0.1) is 0 Å². The van der Waals surface area contributed by atoms with Gasteiger partial charge in [-0.3, -0.25) is 4.79 Å². The summed E-state index contributed by atoms with van der Waals surface area (Å²) in [6.45, 7) is 9.06. The van der Waals surface area contributed by atoms with E-state index >= 15 is 0 Å². The first-order valence-electron chi connectivity index (χ1n) is 15.8. The molecule has 0 unspecified atom stereocenters. The summed E-state index contributed by atoms with van der Waals surface area (Å²) in [4.78, 5) is 13.1. The van der Waals surface area contributed by atoms with Crippen LogP contribution in [0.25, 0.3) is 0 Å². The van der Waals surface area contributed by atoms with E-state index in [-0.39, 0.29) is 35.7 Å². The van der Waals surface area contributed by atoms with E-state index < -0.39 is 11.9 Å². The van der Waals surface area contributed by atoms with Crippen molar-refractivity contribution >= 4 is 5.78 Å². The van der Waals surface area contributed by atoms with Crippen LogP contribution in [0.1, 0.15) is 97.5 Å². The fourth-order valence-corrected chi connectivity index (χ4v) is 6.60. The Balaban J connectivity index is 1.70. The molecule has 1 heterocycles. The number of benzene rings is 1. The van der Waals surface area contributed by atoms with Crippen LogP contribution in [-0.2, 0) is 25.6 Å². The molecule has 1 aliphatic heterocycles. The van der Waals surface area contributed by atoms with Crippen LogP contribution in [0.5, 0.6) is 5.75 Å². The molecular formula is C35H54O6. The Kier molecular flexibility index (Phi) is 14.1. The molecule has 6 atom stereocenters. The Morgan fingerprint density at radius 3 is 2.34 bits per heavy atom. The maximum atomic E-state index is 13.1. The number of rotatable bonds is 17. The third kappa shape index (κ3) is 10.7. The number of carbonyl (C=O) groups excluding carboxylic acids is 1. The van der Waals surface area contributed by atoms with E-state index in [1.54, 1.807) is 7.11 Å². The van der Waals surface area contributed by atoms with Gasteiger partial charge in [-0.25, -0.2) is 0 Å². The molecule has 6 heteroatoms. The molecule has 0 bridgehead atoms. The highest BCUT2D eigenvalue weighted by atomic mass is 16.7. The standard InChI is InChI=1S/C35H54O6/c1-6-8-10-11-12-14-15-27-23-31(36)34(37)29(21-22-39-25-26-17-19-28(38-5)20-18-26)30(27)24-33-32(16-13-9-7-2)40-35(3,4)41-33/h6-9,17-20,27,29-30,32-34,37H,10-16,21-25H2,1-5H3/b8-6+,9-7+/t27-,29-,30+,32+,33+,34-/m1/s1. The lowest BCUT2D eigenvalue weighted by Crippen LogP contribution is -2.46. The fourth-order valence-electron chi connectivity index (χ4n) is 6.60. The minimum absolute atomic E-state index is 0.00410. The number of ketones is 1. The van der Waals surface area contributed by atoms with Gasteiger partial charge in [0.05, 0.1) is 25.9 Å². The summed E-state index contributed by atoms with van der Waals surface area (Å²) in [6, 6.07) is 7.86. The maximum absolute atomic E-state index is 13.1. The second-order valence-corrected chi connectivity index (χ2v) is 12.2. The van der Waals surface area contributed by atoms with Crippen molar-refractivity contribution in [1.29, 1.82) is 0 Å². The number of allylic oxidation sites excluding steroid dienone is 4. The Morgan fingerprint density at radius 2 is 1.63 bits per heavy atom. The number of methoxy groups -OCH3 is 1. The lowest BCUT2D eigenvalue weighted by molar-refractivity contribution is -0.153. The molecule has 41 heavy (non-hydrogen) atoms. The minimum atomic E-state index is -0.952. The zero-order valence-electron chi connectivity index (χ0n) is 26.1. The summed E-state index contributed by atoms with van der Waals surface area (Å²) < 4.78 is 24.1. The Morgan fingerprint density at radius 1 is 0.927 bits per heavy atom. The largest absolute Gasteiger partial charge is 0.497 e. The molecule has 1 saturated heterocycles. The lowest BCUT2D eigenvalue weighted by atomic mass is 9.65. The highest BCUT2D eigenvalue weighted by molar-refractivity contribution is 5.84. The molecule has 3 rings (SSSR count). The van der Waals surface area contributed by atoms with Crippen LogP contribution in [0.15, 0.2) is 48.6 Å². The second kappa shape index (κ2) is 17.2. The fraction of sp³-hybridized carbons (Fsp3) is 0.686. The van der Waals surface area contributed by atoms with Gasteiger partial charge in [0.15, 0.2) is 11.6 Å². The van der Waals surface area contributed by atoms with E-state index in [1.165, 1.54) is 6.42 Å². The molecule has 1 aromatic rings. The van der Waals surface area contributed by atoms with Crippen LogP contribution >= 0.6 is 0 Å². The van der Waals surface area contributed by atoms with Crippen molar-refractivity contribution in [2.45, 2.75) is 123 Å². The average molecular weight is 571 g/mol. The van der Waals surface area contributed by atoms with Gasteiger partial charge in [-0.05, 0) is 108 Å². The molecule has 1 aliphatic carbocycles. The molecule has 2 aliphatic rings. The second-order valence-electron chi connectivity index (χ2n) is 12.2. The topological polar surface area (TPSA) is 74.2 Å². The number of carbonyl (C=O) groups is 1. The number of ether oxygens (including phenoxy) is 4. The monoisotopic (exact) mass is 570 g/mol. The van der Waals surface area contributed by atoms with Gasteiger partial charge in [0.1, 0.15) is 11.9 Å². The molecule has 0 radical (unpaired) electrons. The summed E-state index contributed by atoms with van der Waals surface area (Å²) in [5.41, 5.74) is 1.07. The Bertz CT molecular complexity index is 952. The molecule has 2 fully saturated rings. The summed E-state index contributed by atoms with van der Waals surface area (Å²) in [6.07, 6.45) is 16.8. The molecule has 0 spiro atoms. The third-order valence-corrected chi connectivity index (χ3v) is 8.70. The van der Waals surface area contributed by atoms with Crippen molar-refractivity contribution < 1.29 is 28.8 Å². The van der Waals surface area contributed by atoms with Crippen molar-refractivity contribution in [2.24, 2.45) is 17.8 Å². The van der Waals surface area contributed by atoms with Crippen molar-refractivity contribution in [3.8, 4) is 5.75 Å². The summed E-state index contributed by atoms with van der Waals surface area (Å²) in [5.74, 6) is 0.432. The van der Waals surface area contributed by atoms with Crippen molar-refractivity contribution in [3.63, 3.8) is 0 Å². The SMILES string of the molecule is C/C=C/CCCCC[C@@H]1CC(=O)[C@H](O)[C@H](CCOCc2ccc(OC)cc2)[C@H]1C[C@@H]1OC(C)(C)O[C@H]1CC/C=C/C. The van der Waals surface area contributed by atoms with Crippen LogP contribution in [0, 0.1) is 17.8 Å². The maximum Gasteiger partial charge on any atom is 0.163 e. The predicted octanol–water partition coefficient (Wildman–Crippen LogP) is 7.58. The summed E-state index contributed by atoms with van der Waals surface area (Å²) >= 11 is 0. The Labute approximate surface area is 248 Å². The van der Waals surface area contributed by atoms with Gasteiger partial charge in [0.2, 0.25) is 0 Å². The van der Waals surface area contributed by atoms with E-state index in [1.807, 2.05) is 45.0 Å². The van der Waals surface area contributed by atoms with Crippen molar-refractivity contribution in [1.82, 2.24) is 0 Å². The molecule has 230 valence electrons. The lowest BCUT2D eigenvalue weighted by Gasteiger charge is -2.42. The van der Waals surface area contributed by atoms with Gasteiger partial charge in [0, 0.05) is 13.0 Å². The van der Waals surface area contributed by atoms with Gasteiger partial charge < -0.3 is 24.1 Å². The smallest absolute Gasteiger partial charge is 0.163 e. The van der Waals surface area contributed by atoms with Crippen molar-refractivity contribution in [3.05, 3.63) is 54.1 Å². The first-order valence-corrected chi connectivity index (χ1v) is 15.8. The highest BCUT2D eigenvalue weighted by Gasteiger charge is 2.47. The minimum Gasteiger partial charge on any atom is -0.497 e. The number of hydrogen-bond donors (Lipinski definition) is 1. The van der Waals surface area contributed by atoms with Crippen LogP contribution in [0.2, 0.25) is 0 Å². The van der Waals surface area contributed by atoms with Gasteiger partial charge in [-0.1, -0.05) is 49.3 Å². The van der Waals surface area contributed by atoms with Crippen LogP contribution in [-0.4, -0.2) is 48.7 Å². The van der Waals surface area contributed by atoms with Crippen LogP contribution < -0.4 is 4.74 Å². The molecule has 0 amide bonds. The van der Waals surface area contributed by atoms with E-state index in [0.717, 1.165) is 56.3 Å². The number of aliphatic hydroxyl groups excluding tert-OH is 1. The molecule has 1 saturated carbocycles. The summed E-state index contributed by atoms with van der Waals surface area (Å²) in [5, 5.41) is 11.2. The highest BCUT2D eigenvalue weighted by Crippen LogP contribution is 2.44. The zero-order valence-corrected chi connectivity index (χ0v) is 26.1. The van der Waals surface area contributed by atoms with E-state index in [4.69, 9.17) is 18.9 Å². The van der Waals surface area contributed by atoms with Gasteiger partial charge in [0.25, 0.3) is 0 Å². The average Bonchev–Trinajstić information content (AvgIpc) is 3.25. The molecule has 6 nitrogen and oxygen atoms in total. The number of aliphatic hydroxyl groups is 1. The van der Waals surface area contributed by atoms with Crippen LogP contribution in [0.4, 0.5) is 0 Å². The number of Topliss-reactive ketones (excluding diaryl/α,β-unsaturated/α-hetero) is 1. The molecule has 0 aromatic heterocycles. The van der Waals surface area contributed by atoms with E-state index in [0.29, 0.717) is 26.1 Å². The van der Waals surface area contributed by atoms with E-state index in [2.05, 4.69) is 31.2 Å². The normalized spacial score (nSPS) is 28.2. The van der Waals surface area contributed by atoms with Crippen LogP contribution in [0.3, 0.4) is 0 Å². The zero-order chi connectivity index (χ0) is 29.7. The van der Waals surface area contributed by atoms with Gasteiger partial charge >= 0.3 is 0 Å². The first-order chi connectivity index (χ1) is 19.8. The number of unbranched alkanes of at least 4 members (excludes halogenated alkanes) is 3. The number of hydrogen-bond acceptors (Lipinski definition) is 6.